The lowest BCUT2D eigenvalue weighted by atomic mass is 10.1. The lowest BCUT2D eigenvalue weighted by molar-refractivity contribution is -0.115. The molecule has 0 aliphatic rings. The first-order chi connectivity index (χ1) is 11.6. The monoisotopic (exact) mass is 323 g/mol. The van der Waals surface area contributed by atoms with E-state index in [-0.39, 0.29) is 29.9 Å². The van der Waals surface area contributed by atoms with Gasteiger partial charge in [0.2, 0.25) is 11.8 Å². The summed E-state index contributed by atoms with van der Waals surface area (Å²) in [6.07, 6.45) is 4.47. The van der Waals surface area contributed by atoms with E-state index in [0.29, 0.717) is 16.9 Å². The molecular formula is C16H13N5O3. The Bertz CT molecular complexity index is 859. The summed E-state index contributed by atoms with van der Waals surface area (Å²) in [6.45, 7) is 1.48. The Morgan fingerprint density at radius 2 is 1.92 bits per heavy atom. The molecule has 1 N–H and O–H groups in total. The molecule has 2 heterocycles. The second-order valence-electron chi connectivity index (χ2n) is 4.95. The van der Waals surface area contributed by atoms with Crippen LogP contribution >= 0.6 is 0 Å². The molecule has 0 aliphatic carbocycles. The minimum Gasteiger partial charge on any atom is -0.419 e. The fourth-order valence-corrected chi connectivity index (χ4v) is 1.97. The molecule has 0 atom stereocenters. The summed E-state index contributed by atoms with van der Waals surface area (Å²) < 4.78 is 5.40. The van der Waals surface area contributed by atoms with Crippen molar-refractivity contribution in [2.75, 3.05) is 5.32 Å². The first kappa shape index (κ1) is 15.5. The molecule has 120 valence electrons. The number of benzene rings is 1. The van der Waals surface area contributed by atoms with Crippen molar-refractivity contribution in [3.63, 3.8) is 0 Å². The van der Waals surface area contributed by atoms with Crippen LogP contribution < -0.4 is 5.32 Å². The maximum atomic E-state index is 12.0. The molecule has 1 aromatic carbocycles. The molecule has 0 bridgehead atoms. The Morgan fingerprint density at radius 1 is 1.12 bits per heavy atom. The van der Waals surface area contributed by atoms with Gasteiger partial charge in [-0.15, -0.1) is 10.2 Å². The molecule has 0 saturated carbocycles. The van der Waals surface area contributed by atoms with Crippen LogP contribution in [0.25, 0.3) is 11.6 Å². The molecule has 2 aromatic heterocycles. The first-order valence-electron chi connectivity index (χ1n) is 7.11. The molecule has 0 aliphatic heterocycles. The van der Waals surface area contributed by atoms with Crippen LogP contribution in [-0.2, 0) is 11.2 Å². The summed E-state index contributed by atoms with van der Waals surface area (Å²) in [6, 6.07) is 6.62. The van der Waals surface area contributed by atoms with Crippen molar-refractivity contribution in [3.8, 4) is 11.6 Å². The predicted octanol–water partition coefficient (Wildman–Crippen LogP) is 1.91. The molecule has 8 heteroatoms. The van der Waals surface area contributed by atoms with Gasteiger partial charge in [-0.1, -0.05) is 0 Å². The minimum atomic E-state index is -0.306. The largest absolute Gasteiger partial charge is 0.419 e. The van der Waals surface area contributed by atoms with Gasteiger partial charge in [-0.2, -0.15) is 0 Å². The highest BCUT2D eigenvalue weighted by Crippen LogP contribution is 2.14. The lowest BCUT2D eigenvalue weighted by Crippen LogP contribution is -2.14. The fraction of sp³-hybridized carbons (Fsp3) is 0.125. The number of rotatable bonds is 5. The minimum absolute atomic E-state index is 0.0322. The molecule has 3 rings (SSSR count). The van der Waals surface area contributed by atoms with Crippen LogP contribution in [0.2, 0.25) is 0 Å². The van der Waals surface area contributed by atoms with E-state index >= 15 is 0 Å². The van der Waals surface area contributed by atoms with Gasteiger partial charge in [-0.3, -0.25) is 14.6 Å². The summed E-state index contributed by atoms with van der Waals surface area (Å²) >= 11 is 0. The van der Waals surface area contributed by atoms with Crippen molar-refractivity contribution < 1.29 is 14.0 Å². The van der Waals surface area contributed by atoms with Crippen LogP contribution in [0.4, 0.5) is 5.69 Å². The molecule has 3 aromatic rings. The third kappa shape index (κ3) is 3.67. The Kier molecular flexibility index (Phi) is 4.37. The smallest absolute Gasteiger partial charge is 0.267 e. The van der Waals surface area contributed by atoms with Crippen LogP contribution in [0, 0.1) is 0 Å². The highest BCUT2D eigenvalue weighted by Gasteiger charge is 2.13. The van der Waals surface area contributed by atoms with E-state index in [9.17, 15) is 9.59 Å². The maximum absolute atomic E-state index is 12.0. The molecule has 0 unspecified atom stereocenters. The SMILES string of the molecule is CC(=O)c1ccc(NC(=O)Cc2nnc(-c3cnccn3)o2)cc1. The number of amides is 1. The predicted molar refractivity (Wildman–Crippen MR) is 84.1 cm³/mol. The molecule has 24 heavy (non-hydrogen) atoms. The zero-order valence-electron chi connectivity index (χ0n) is 12.8. The number of carbonyl (C=O) groups is 2. The summed E-state index contributed by atoms with van der Waals surface area (Å²) in [7, 11) is 0. The van der Waals surface area contributed by atoms with E-state index in [1.807, 2.05) is 0 Å². The number of aromatic nitrogens is 4. The molecule has 0 radical (unpaired) electrons. The van der Waals surface area contributed by atoms with E-state index in [4.69, 9.17) is 4.42 Å². The van der Waals surface area contributed by atoms with Gasteiger partial charge in [0.15, 0.2) is 5.78 Å². The van der Waals surface area contributed by atoms with Crippen molar-refractivity contribution in [3.05, 3.63) is 54.3 Å². The quantitative estimate of drug-likeness (QED) is 0.714. The Labute approximate surface area is 137 Å². The third-order valence-electron chi connectivity index (χ3n) is 3.14. The molecular weight excluding hydrogens is 310 g/mol. The first-order valence-corrected chi connectivity index (χ1v) is 7.11. The van der Waals surface area contributed by atoms with E-state index in [2.05, 4.69) is 25.5 Å². The van der Waals surface area contributed by atoms with Crippen LogP contribution in [0.5, 0.6) is 0 Å². The molecule has 8 nitrogen and oxygen atoms in total. The van der Waals surface area contributed by atoms with Gasteiger partial charge < -0.3 is 9.73 Å². The zero-order valence-corrected chi connectivity index (χ0v) is 12.8. The summed E-state index contributed by atoms with van der Waals surface area (Å²) in [5.74, 6) is 0.0421. The van der Waals surface area contributed by atoms with Crippen molar-refractivity contribution >= 4 is 17.4 Å². The van der Waals surface area contributed by atoms with Gasteiger partial charge in [0.25, 0.3) is 5.89 Å². The molecule has 0 fully saturated rings. The lowest BCUT2D eigenvalue weighted by Gasteiger charge is -2.04. The third-order valence-corrected chi connectivity index (χ3v) is 3.14. The number of nitrogens with zero attached hydrogens (tertiary/aromatic N) is 4. The number of hydrogen-bond acceptors (Lipinski definition) is 7. The van der Waals surface area contributed by atoms with Crippen LogP contribution in [0.3, 0.4) is 0 Å². The Morgan fingerprint density at radius 3 is 2.58 bits per heavy atom. The van der Waals surface area contributed by atoms with E-state index in [1.54, 1.807) is 24.3 Å². The van der Waals surface area contributed by atoms with Crippen molar-refractivity contribution in [1.29, 1.82) is 0 Å². The van der Waals surface area contributed by atoms with Crippen LogP contribution in [0.15, 0.2) is 47.3 Å². The van der Waals surface area contributed by atoms with Gasteiger partial charge >= 0.3 is 0 Å². The standard InChI is InChI=1S/C16H13N5O3/c1-10(22)11-2-4-12(5-3-11)19-14(23)8-15-20-21-16(24-15)13-9-17-6-7-18-13/h2-7,9H,8H2,1H3,(H,19,23). The number of ketones is 1. The van der Waals surface area contributed by atoms with Gasteiger partial charge in [0.05, 0.1) is 6.20 Å². The normalized spacial score (nSPS) is 10.4. The van der Waals surface area contributed by atoms with E-state index in [1.165, 1.54) is 25.5 Å². The number of nitrogens with one attached hydrogen (secondary N) is 1. The van der Waals surface area contributed by atoms with E-state index in [0.717, 1.165) is 0 Å². The van der Waals surface area contributed by atoms with Gasteiger partial charge in [0.1, 0.15) is 12.1 Å². The van der Waals surface area contributed by atoms with Crippen molar-refractivity contribution in [2.45, 2.75) is 13.3 Å². The highest BCUT2D eigenvalue weighted by atomic mass is 16.4. The summed E-state index contributed by atoms with van der Waals surface area (Å²) in [4.78, 5) is 31.2. The van der Waals surface area contributed by atoms with Crippen molar-refractivity contribution in [2.24, 2.45) is 0 Å². The summed E-state index contributed by atoms with van der Waals surface area (Å²) in [5, 5.41) is 10.4. The summed E-state index contributed by atoms with van der Waals surface area (Å²) in [5.41, 5.74) is 1.61. The average Bonchev–Trinajstić information content (AvgIpc) is 3.04. The van der Waals surface area contributed by atoms with E-state index < -0.39 is 0 Å². The maximum Gasteiger partial charge on any atom is 0.267 e. The van der Waals surface area contributed by atoms with Gasteiger partial charge in [-0.05, 0) is 31.2 Å². The fourth-order valence-electron chi connectivity index (χ4n) is 1.97. The zero-order chi connectivity index (χ0) is 16.9. The molecule has 1 amide bonds. The van der Waals surface area contributed by atoms with Crippen LogP contribution in [-0.4, -0.2) is 31.9 Å². The van der Waals surface area contributed by atoms with Crippen molar-refractivity contribution in [1.82, 2.24) is 20.2 Å². The highest BCUT2D eigenvalue weighted by molar-refractivity contribution is 5.95. The Balaban J connectivity index is 1.63. The molecule has 0 saturated heterocycles. The number of carbonyl (C=O) groups excluding carboxylic acids is 2. The number of hydrogen-bond donors (Lipinski definition) is 1. The second-order valence-corrected chi connectivity index (χ2v) is 4.95. The second kappa shape index (κ2) is 6.78. The van der Waals surface area contributed by atoms with Gasteiger partial charge in [-0.25, -0.2) is 4.98 Å². The Hall–Kier alpha value is -3.42. The number of anilines is 1. The topological polar surface area (TPSA) is 111 Å². The number of Topliss-reactive ketones (excluding diaryl/α,β-unsaturated/α-hetero) is 1. The van der Waals surface area contributed by atoms with Gasteiger partial charge in [0, 0.05) is 23.6 Å². The van der Waals surface area contributed by atoms with Crippen LogP contribution in [0.1, 0.15) is 23.2 Å². The molecule has 0 spiro atoms. The average molecular weight is 323 g/mol.